The van der Waals surface area contributed by atoms with Gasteiger partial charge >= 0.3 is 6.36 Å². The first-order valence-electron chi connectivity index (χ1n) is 8.84. The summed E-state index contributed by atoms with van der Waals surface area (Å²) in [4.78, 5) is 12.5. The van der Waals surface area contributed by atoms with Crippen LogP contribution in [0.15, 0.2) is 91.5 Å². The van der Waals surface area contributed by atoms with Crippen LogP contribution in [0.3, 0.4) is 0 Å². The summed E-state index contributed by atoms with van der Waals surface area (Å²) in [7, 11) is -4.24. The summed E-state index contributed by atoms with van der Waals surface area (Å²) in [5, 5.41) is 0. The van der Waals surface area contributed by atoms with E-state index in [9.17, 15) is 26.4 Å². The quantitative estimate of drug-likeness (QED) is 0.234. The third-order valence-electron chi connectivity index (χ3n) is 4.16. The molecular formula is C22H13Br2F3O4S. The van der Waals surface area contributed by atoms with Gasteiger partial charge < -0.3 is 4.74 Å². The third-order valence-corrected chi connectivity index (χ3v) is 6.99. The third kappa shape index (κ3) is 6.08. The highest BCUT2D eigenvalue weighted by Gasteiger charge is 2.31. The zero-order valence-corrected chi connectivity index (χ0v) is 19.9. The summed E-state index contributed by atoms with van der Waals surface area (Å²) in [6.07, 6.45) is -3.73. The SMILES string of the molecule is O=C(/C(=C\c1ccc(OC(F)(F)F)cc1)S(=O)(=O)c1ccc(Br)cc1)c1ccc(Br)cc1. The van der Waals surface area contributed by atoms with Crippen molar-refractivity contribution in [3.8, 4) is 5.75 Å². The number of benzene rings is 3. The van der Waals surface area contributed by atoms with Crippen LogP contribution in [0.25, 0.3) is 6.08 Å². The summed E-state index contributed by atoms with van der Waals surface area (Å²) in [5.41, 5.74) is 0.345. The topological polar surface area (TPSA) is 60.4 Å². The van der Waals surface area contributed by atoms with Gasteiger partial charge in [-0.05, 0) is 72.3 Å². The molecule has 0 saturated heterocycles. The molecule has 0 radical (unpaired) electrons. The number of hydrogen-bond donors (Lipinski definition) is 0. The van der Waals surface area contributed by atoms with Crippen molar-refractivity contribution >= 4 is 53.6 Å². The van der Waals surface area contributed by atoms with Crippen LogP contribution in [-0.4, -0.2) is 20.6 Å². The Balaban J connectivity index is 2.08. The van der Waals surface area contributed by atoms with Crippen LogP contribution in [0.2, 0.25) is 0 Å². The average Bonchev–Trinajstić information content (AvgIpc) is 2.72. The van der Waals surface area contributed by atoms with Crippen LogP contribution in [0.5, 0.6) is 5.75 Å². The molecular weight excluding hydrogens is 577 g/mol. The van der Waals surface area contributed by atoms with E-state index in [-0.39, 0.29) is 16.0 Å². The molecule has 0 aliphatic rings. The normalized spacial score (nSPS) is 12.5. The highest BCUT2D eigenvalue weighted by atomic mass is 79.9. The molecule has 10 heteroatoms. The lowest BCUT2D eigenvalue weighted by atomic mass is 10.1. The van der Waals surface area contributed by atoms with Gasteiger partial charge in [-0.15, -0.1) is 13.2 Å². The minimum atomic E-state index is -4.86. The first-order chi connectivity index (χ1) is 15.0. The van der Waals surface area contributed by atoms with Crippen LogP contribution in [0, 0.1) is 0 Å². The molecule has 4 nitrogen and oxygen atoms in total. The lowest BCUT2D eigenvalue weighted by molar-refractivity contribution is -0.274. The fourth-order valence-corrected chi connectivity index (χ4v) is 4.60. The molecule has 32 heavy (non-hydrogen) atoms. The van der Waals surface area contributed by atoms with Crippen LogP contribution >= 0.6 is 31.9 Å². The van der Waals surface area contributed by atoms with Crippen molar-refractivity contribution in [2.45, 2.75) is 11.3 Å². The molecule has 0 unspecified atom stereocenters. The number of carbonyl (C=O) groups is 1. The first kappa shape index (κ1) is 24.2. The van der Waals surface area contributed by atoms with Crippen molar-refractivity contribution in [3.63, 3.8) is 0 Å². The smallest absolute Gasteiger partial charge is 0.406 e. The molecule has 0 aromatic heterocycles. The predicted octanol–water partition coefficient (Wildman–Crippen LogP) is 6.81. The standard InChI is InChI=1S/C22H13Br2F3O4S/c23-16-5-3-15(4-6-16)21(28)20(32(29,30)19-11-7-17(24)8-12-19)13-14-1-9-18(10-2-14)31-22(25,26)27/h1-13H/b20-13+. The summed E-state index contributed by atoms with van der Waals surface area (Å²) in [5.74, 6) is -1.22. The molecule has 3 rings (SSSR count). The Hall–Kier alpha value is -2.43. The monoisotopic (exact) mass is 588 g/mol. The van der Waals surface area contributed by atoms with E-state index in [1.807, 2.05) is 0 Å². The maximum absolute atomic E-state index is 13.3. The minimum Gasteiger partial charge on any atom is -0.406 e. The summed E-state index contributed by atoms with van der Waals surface area (Å²) >= 11 is 6.49. The maximum atomic E-state index is 13.3. The Morgan fingerprint density at radius 2 is 1.31 bits per heavy atom. The number of halogens is 5. The van der Waals surface area contributed by atoms with Gasteiger partial charge in [-0.1, -0.05) is 44.0 Å². The molecule has 0 N–H and O–H groups in total. The number of sulfone groups is 1. The van der Waals surface area contributed by atoms with Crippen molar-refractivity contribution < 1.29 is 31.1 Å². The van der Waals surface area contributed by atoms with Crippen LogP contribution < -0.4 is 4.74 Å². The molecule has 0 saturated carbocycles. The predicted molar refractivity (Wildman–Crippen MR) is 121 cm³/mol. The Bertz CT molecular complexity index is 1250. The lowest BCUT2D eigenvalue weighted by Crippen LogP contribution is -2.17. The van der Waals surface area contributed by atoms with Gasteiger partial charge in [0.2, 0.25) is 15.6 Å². The van der Waals surface area contributed by atoms with E-state index in [0.29, 0.717) is 8.95 Å². The summed E-state index contributed by atoms with van der Waals surface area (Å²) in [6, 6.07) is 16.4. The van der Waals surface area contributed by atoms with Gasteiger partial charge in [-0.25, -0.2) is 8.42 Å². The van der Waals surface area contributed by atoms with Gasteiger partial charge in [0.05, 0.1) is 4.90 Å². The number of alkyl halides is 3. The fourth-order valence-electron chi connectivity index (χ4n) is 2.67. The second-order valence-corrected chi connectivity index (χ2v) is 10.2. The number of ketones is 1. The number of Topliss-reactive ketones (excluding diaryl/α,β-unsaturated/α-hetero) is 1. The Kier molecular flexibility index (Phi) is 7.26. The molecule has 0 amide bonds. The van der Waals surface area contributed by atoms with Crippen molar-refractivity contribution in [1.82, 2.24) is 0 Å². The molecule has 0 aliphatic heterocycles. The van der Waals surface area contributed by atoms with Gasteiger partial charge in [0.1, 0.15) is 10.7 Å². The van der Waals surface area contributed by atoms with E-state index in [1.54, 1.807) is 12.1 Å². The number of allylic oxidation sites excluding steroid dienone is 1. The Labute approximate surface area is 198 Å². The molecule has 0 spiro atoms. The molecule has 3 aromatic carbocycles. The van der Waals surface area contributed by atoms with Crippen molar-refractivity contribution in [2.24, 2.45) is 0 Å². The number of rotatable bonds is 6. The molecule has 0 fully saturated rings. The van der Waals surface area contributed by atoms with Crippen molar-refractivity contribution in [1.29, 1.82) is 0 Å². The van der Waals surface area contributed by atoms with E-state index in [4.69, 9.17) is 0 Å². The summed E-state index contributed by atoms with van der Waals surface area (Å²) < 4.78 is 68.9. The number of ether oxygens (including phenoxy) is 1. The Morgan fingerprint density at radius 3 is 1.81 bits per heavy atom. The van der Waals surface area contributed by atoms with E-state index in [0.717, 1.165) is 18.2 Å². The molecule has 0 bridgehead atoms. The summed E-state index contributed by atoms with van der Waals surface area (Å²) in [6.45, 7) is 0. The maximum Gasteiger partial charge on any atom is 0.573 e. The minimum absolute atomic E-state index is 0.102. The van der Waals surface area contributed by atoms with E-state index < -0.39 is 32.6 Å². The van der Waals surface area contributed by atoms with Crippen molar-refractivity contribution in [2.75, 3.05) is 0 Å². The highest BCUT2D eigenvalue weighted by Crippen LogP contribution is 2.28. The second-order valence-electron chi connectivity index (χ2n) is 6.42. The molecule has 3 aromatic rings. The zero-order valence-electron chi connectivity index (χ0n) is 15.9. The zero-order chi connectivity index (χ0) is 23.5. The van der Waals surface area contributed by atoms with E-state index in [2.05, 4.69) is 36.6 Å². The fraction of sp³-hybridized carbons (Fsp3) is 0.0455. The van der Waals surface area contributed by atoms with E-state index in [1.165, 1.54) is 48.5 Å². The average molecular weight is 590 g/mol. The highest BCUT2D eigenvalue weighted by molar-refractivity contribution is 9.10. The molecule has 166 valence electrons. The number of hydrogen-bond acceptors (Lipinski definition) is 4. The Morgan fingerprint density at radius 1 is 0.812 bits per heavy atom. The number of carbonyl (C=O) groups excluding carboxylic acids is 1. The van der Waals surface area contributed by atoms with Crippen LogP contribution in [0.4, 0.5) is 13.2 Å². The molecule has 0 aliphatic carbocycles. The van der Waals surface area contributed by atoms with Crippen LogP contribution in [-0.2, 0) is 9.84 Å². The van der Waals surface area contributed by atoms with Gasteiger partial charge in [0, 0.05) is 14.5 Å². The van der Waals surface area contributed by atoms with Crippen molar-refractivity contribution in [3.05, 3.63) is 97.8 Å². The molecule has 0 heterocycles. The molecule has 0 atom stereocenters. The van der Waals surface area contributed by atoms with Gasteiger partial charge in [-0.2, -0.15) is 0 Å². The first-order valence-corrected chi connectivity index (χ1v) is 11.9. The second kappa shape index (κ2) is 9.60. The van der Waals surface area contributed by atoms with Gasteiger partial charge in [0.15, 0.2) is 0 Å². The largest absolute Gasteiger partial charge is 0.573 e. The van der Waals surface area contributed by atoms with Gasteiger partial charge in [-0.3, -0.25) is 4.79 Å². The van der Waals surface area contributed by atoms with E-state index >= 15 is 0 Å². The lowest BCUT2D eigenvalue weighted by Gasteiger charge is -2.11. The van der Waals surface area contributed by atoms with Gasteiger partial charge in [0.25, 0.3) is 0 Å². The van der Waals surface area contributed by atoms with Crippen LogP contribution in [0.1, 0.15) is 15.9 Å².